The molecular formula is C26H25N9O2. The lowest BCUT2D eigenvalue weighted by Crippen LogP contribution is -2.21. The molecule has 0 bridgehead atoms. The third-order valence-electron chi connectivity index (χ3n) is 6.99. The molecule has 2 N–H and O–H groups in total. The second-order valence-corrected chi connectivity index (χ2v) is 9.36. The van der Waals surface area contributed by atoms with Crippen molar-refractivity contribution < 1.29 is 9.26 Å². The molecule has 1 saturated heterocycles. The lowest BCUT2D eigenvalue weighted by molar-refractivity contribution is 0.0667. The molecule has 186 valence electrons. The van der Waals surface area contributed by atoms with E-state index in [1.54, 1.807) is 0 Å². The molecule has 11 nitrogen and oxygen atoms in total. The van der Waals surface area contributed by atoms with E-state index >= 15 is 0 Å². The van der Waals surface area contributed by atoms with Crippen molar-refractivity contribution in [3.8, 4) is 22.5 Å². The van der Waals surface area contributed by atoms with Gasteiger partial charge in [0.15, 0.2) is 5.82 Å². The Bertz CT molecular complexity index is 1740. The Morgan fingerprint density at radius 1 is 1.03 bits per heavy atom. The Morgan fingerprint density at radius 2 is 1.92 bits per heavy atom. The molecule has 7 rings (SSSR count). The smallest absolute Gasteiger partial charge is 0.152 e. The summed E-state index contributed by atoms with van der Waals surface area (Å²) in [7, 11) is 0. The average molecular weight is 496 g/mol. The molecule has 0 atom stereocenters. The molecular weight excluding hydrogens is 470 g/mol. The molecule has 1 aliphatic heterocycles. The molecule has 6 heterocycles. The maximum Gasteiger partial charge on any atom is 0.152 e. The highest BCUT2D eigenvalue weighted by atomic mass is 16.5. The van der Waals surface area contributed by atoms with E-state index in [1.807, 2.05) is 40.6 Å². The van der Waals surface area contributed by atoms with Gasteiger partial charge >= 0.3 is 0 Å². The van der Waals surface area contributed by atoms with Crippen LogP contribution in [0.1, 0.15) is 30.3 Å². The van der Waals surface area contributed by atoms with E-state index in [0.717, 1.165) is 76.4 Å². The van der Waals surface area contributed by atoms with Gasteiger partial charge in [0.05, 0.1) is 35.7 Å². The van der Waals surface area contributed by atoms with Crippen molar-refractivity contribution in [1.29, 1.82) is 0 Å². The van der Waals surface area contributed by atoms with Crippen LogP contribution < -0.4 is 5.73 Å². The third kappa shape index (κ3) is 3.66. The summed E-state index contributed by atoms with van der Waals surface area (Å²) in [6.07, 6.45) is 7.03. The van der Waals surface area contributed by atoms with Gasteiger partial charge in [-0.2, -0.15) is 15.3 Å². The highest BCUT2D eigenvalue weighted by Gasteiger charge is 2.24. The summed E-state index contributed by atoms with van der Waals surface area (Å²) in [5.41, 5.74) is 12.8. The van der Waals surface area contributed by atoms with Gasteiger partial charge in [-0.05, 0) is 38.0 Å². The quantitative estimate of drug-likeness (QED) is 0.382. The summed E-state index contributed by atoms with van der Waals surface area (Å²) in [6, 6.07) is 12.6. The van der Waals surface area contributed by atoms with E-state index in [9.17, 15) is 0 Å². The molecule has 0 amide bonds. The molecule has 1 fully saturated rings. The maximum atomic E-state index is 6.42. The van der Waals surface area contributed by atoms with E-state index in [-0.39, 0.29) is 6.04 Å². The number of fused-ring (bicyclic) bond motifs is 2. The fourth-order valence-corrected chi connectivity index (χ4v) is 5.22. The van der Waals surface area contributed by atoms with Gasteiger partial charge < -0.3 is 15.0 Å². The van der Waals surface area contributed by atoms with Gasteiger partial charge in [0.25, 0.3) is 0 Å². The SMILES string of the molecule is Cc1cc(Cn2ncc3ccc(-c4cc(-c5ccnn5C5CCOCC5)c5c(N)ncnn45)cc32)no1. The molecule has 37 heavy (non-hydrogen) atoms. The minimum Gasteiger partial charge on any atom is -0.382 e. The third-order valence-corrected chi connectivity index (χ3v) is 6.99. The van der Waals surface area contributed by atoms with Crippen molar-refractivity contribution >= 4 is 22.2 Å². The highest BCUT2D eigenvalue weighted by Crippen LogP contribution is 2.37. The summed E-state index contributed by atoms with van der Waals surface area (Å²) < 4.78 is 16.7. The predicted octanol–water partition coefficient (Wildman–Crippen LogP) is 3.89. The van der Waals surface area contributed by atoms with Crippen LogP contribution in [0.3, 0.4) is 0 Å². The van der Waals surface area contributed by atoms with E-state index in [2.05, 4.69) is 54.4 Å². The van der Waals surface area contributed by atoms with Gasteiger partial charge in [-0.3, -0.25) is 9.36 Å². The zero-order chi connectivity index (χ0) is 24.9. The Balaban J connectivity index is 1.36. The number of hydrogen-bond acceptors (Lipinski definition) is 8. The molecule has 5 aromatic heterocycles. The monoisotopic (exact) mass is 495 g/mol. The van der Waals surface area contributed by atoms with Crippen LogP contribution in [-0.4, -0.2) is 52.5 Å². The summed E-state index contributed by atoms with van der Waals surface area (Å²) in [5.74, 6) is 1.19. The van der Waals surface area contributed by atoms with Gasteiger partial charge in [0, 0.05) is 42.0 Å². The number of aryl methyl sites for hydroxylation is 1. The first kappa shape index (κ1) is 21.7. The van der Waals surface area contributed by atoms with Crippen LogP contribution in [0.25, 0.3) is 38.9 Å². The fraction of sp³-hybridized carbons (Fsp3) is 0.269. The minimum atomic E-state index is 0.272. The van der Waals surface area contributed by atoms with Gasteiger partial charge in [0.1, 0.15) is 23.3 Å². The van der Waals surface area contributed by atoms with Crippen LogP contribution in [0.2, 0.25) is 0 Å². The van der Waals surface area contributed by atoms with Crippen LogP contribution in [0, 0.1) is 6.92 Å². The maximum absolute atomic E-state index is 6.42. The molecule has 1 aromatic carbocycles. The minimum absolute atomic E-state index is 0.272. The van der Waals surface area contributed by atoms with Gasteiger partial charge in [0.2, 0.25) is 0 Å². The number of rotatable bonds is 5. The van der Waals surface area contributed by atoms with E-state index in [1.165, 1.54) is 6.33 Å². The number of nitrogens with two attached hydrogens (primary N) is 1. The van der Waals surface area contributed by atoms with Gasteiger partial charge in [-0.25, -0.2) is 9.50 Å². The normalized spacial score (nSPS) is 14.7. The van der Waals surface area contributed by atoms with Crippen LogP contribution in [-0.2, 0) is 11.3 Å². The van der Waals surface area contributed by atoms with Crippen molar-refractivity contribution in [2.75, 3.05) is 18.9 Å². The number of nitrogen functional groups attached to an aromatic ring is 1. The van der Waals surface area contributed by atoms with E-state index < -0.39 is 0 Å². The number of hydrogen-bond donors (Lipinski definition) is 1. The number of ether oxygens (including phenoxy) is 1. The Kier molecular flexibility index (Phi) is 5.03. The molecule has 0 saturated carbocycles. The van der Waals surface area contributed by atoms with Crippen molar-refractivity contribution in [2.45, 2.75) is 32.4 Å². The molecule has 1 aliphatic rings. The number of benzene rings is 1. The van der Waals surface area contributed by atoms with Crippen LogP contribution in [0.5, 0.6) is 0 Å². The van der Waals surface area contributed by atoms with Crippen molar-refractivity contribution in [1.82, 2.24) is 39.3 Å². The van der Waals surface area contributed by atoms with Crippen LogP contribution in [0.15, 0.2) is 59.6 Å². The summed E-state index contributed by atoms with van der Waals surface area (Å²) in [4.78, 5) is 4.30. The second-order valence-electron chi connectivity index (χ2n) is 9.36. The summed E-state index contributed by atoms with van der Waals surface area (Å²) in [5, 5.41) is 19.0. The molecule has 0 spiro atoms. The second kappa shape index (κ2) is 8.56. The molecule has 6 aromatic rings. The highest BCUT2D eigenvalue weighted by molar-refractivity contribution is 5.92. The Hall–Kier alpha value is -4.51. The van der Waals surface area contributed by atoms with E-state index in [4.69, 9.17) is 15.0 Å². The average Bonchev–Trinajstić information content (AvgIpc) is 3.71. The van der Waals surface area contributed by atoms with Gasteiger partial charge in [-0.1, -0.05) is 17.3 Å². The topological polar surface area (TPSA) is 127 Å². The molecule has 0 radical (unpaired) electrons. The standard InChI is InChI=1S/C26H25N9O2/c1-16-10-19(32-37-16)14-33-23-11-17(2-3-18(23)13-30-33)24-12-21(25-26(27)28-15-31-35(24)25)22-4-7-29-34(22)20-5-8-36-9-6-20/h2-4,7,10-13,15,20H,5-6,8-9,14H2,1H3,(H2,27,28,31). The largest absolute Gasteiger partial charge is 0.382 e. The number of aromatic nitrogens is 8. The molecule has 11 heteroatoms. The van der Waals surface area contributed by atoms with Crippen molar-refractivity contribution in [3.63, 3.8) is 0 Å². The van der Waals surface area contributed by atoms with Crippen LogP contribution >= 0.6 is 0 Å². The Morgan fingerprint density at radius 3 is 2.76 bits per heavy atom. The number of nitrogens with zero attached hydrogens (tertiary/aromatic N) is 8. The number of anilines is 1. The first-order chi connectivity index (χ1) is 18.2. The Labute approximate surface area is 211 Å². The lowest BCUT2D eigenvalue weighted by atomic mass is 10.1. The first-order valence-corrected chi connectivity index (χ1v) is 12.3. The fourth-order valence-electron chi connectivity index (χ4n) is 5.22. The summed E-state index contributed by atoms with van der Waals surface area (Å²) in [6.45, 7) is 3.87. The zero-order valence-electron chi connectivity index (χ0n) is 20.3. The predicted molar refractivity (Wildman–Crippen MR) is 137 cm³/mol. The molecule has 0 aliphatic carbocycles. The molecule has 0 unspecified atom stereocenters. The van der Waals surface area contributed by atoms with Crippen LogP contribution in [0.4, 0.5) is 5.82 Å². The zero-order valence-corrected chi connectivity index (χ0v) is 20.3. The lowest BCUT2D eigenvalue weighted by Gasteiger charge is -2.24. The van der Waals surface area contributed by atoms with Crippen molar-refractivity contribution in [2.24, 2.45) is 0 Å². The van der Waals surface area contributed by atoms with Crippen molar-refractivity contribution in [3.05, 3.63) is 66.6 Å². The van der Waals surface area contributed by atoms with E-state index in [0.29, 0.717) is 12.4 Å². The summed E-state index contributed by atoms with van der Waals surface area (Å²) >= 11 is 0. The first-order valence-electron chi connectivity index (χ1n) is 12.3. The van der Waals surface area contributed by atoms with Gasteiger partial charge in [-0.15, -0.1) is 0 Å².